The number of ether oxygens (including phenoxy) is 3. The zero-order valence-corrected chi connectivity index (χ0v) is 15.9. The molecule has 3 aromatic rings. The highest BCUT2D eigenvalue weighted by Crippen LogP contribution is 2.44. The Labute approximate surface area is 162 Å². The Morgan fingerprint density at radius 3 is 2.36 bits per heavy atom. The Morgan fingerprint density at radius 1 is 1.00 bits per heavy atom. The minimum atomic E-state index is -0.261. The smallest absolute Gasteiger partial charge is 0.226 e. The fourth-order valence-corrected chi connectivity index (χ4v) is 3.57. The van der Waals surface area contributed by atoms with Crippen LogP contribution in [0.3, 0.4) is 0 Å². The maximum Gasteiger partial charge on any atom is 0.226 e. The Morgan fingerprint density at radius 2 is 1.68 bits per heavy atom. The van der Waals surface area contributed by atoms with Crippen LogP contribution in [0, 0.1) is 0 Å². The van der Waals surface area contributed by atoms with E-state index in [4.69, 9.17) is 14.2 Å². The van der Waals surface area contributed by atoms with Gasteiger partial charge in [-0.1, -0.05) is 18.2 Å². The fourth-order valence-electron chi connectivity index (χ4n) is 3.57. The van der Waals surface area contributed by atoms with Crippen LogP contribution in [-0.4, -0.2) is 36.8 Å². The molecule has 0 unspecified atom stereocenters. The van der Waals surface area contributed by atoms with Gasteiger partial charge in [0, 0.05) is 29.7 Å². The number of carbonyl (C=O) groups excluding carboxylic acids is 1. The highest BCUT2D eigenvalue weighted by atomic mass is 16.5. The third-order valence-electron chi connectivity index (χ3n) is 4.92. The molecule has 2 heterocycles. The summed E-state index contributed by atoms with van der Waals surface area (Å²) in [6.07, 6.45) is 2.00. The number of anilines is 1. The van der Waals surface area contributed by atoms with Gasteiger partial charge in [0.25, 0.3) is 0 Å². The third-order valence-corrected chi connectivity index (χ3v) is 4.92. The number of methoxy groups -OCH3 is 3. The van der Waals surface area contributed by atoms with E-state index < -0.39 is 0 Å². The Balaban J connectivity index is 1.86. The van der Waals surface area contributed by atoms with E-state index in [-0.39, 0.29) is 18.2 Å². The molecular weight excluding hydrogens is 358 g/mol. The summed E-state index contributed by atoms with van der Waals surface area (Å²) in [5, 5.41) is 2.96. The van der Waals surface area contributed by atoms with Gasteiger partial charge >= 0.3 is 0 Å². The summed E-state index contributed by atoms with van der Waals surface area (Å²) in [4.78, 5) is 17.1. The molecule has 0 radical (unpaired) electrons. The van der Waals surface area contributed by atoms with E-state index in [0.29, 0.717) is 23.1 Å². The van der Waals surface area contributed by atoms with Gasteiger partial charge in [0.05, 0.1) is 27.0 Å². The van der Waals surface area contributed by atoms with E-state index in [1.165, 1.54) is 0 Å². The molecule has 1 aliphatic rings. The summed E-state index contributed by atoms with van der Waals surface area (Å²) in [6, 6.07) is 13.4. The zero-order chi connectivity index (χ0) is 19.7. The molecule has 0 bridgehead atoms. The van der Waals surface area contributed by atoms with Crippen molar-refractivity contribution >= 4 is 11.7 Å². The molecule has 0 fully saturated rings. The van der Waals surface area contributed by atoms with Crippen molar-refractivity contribution in [1.29, 1.82) is 0 Å². The lowest BCUT2D eigenvalue weighted by molar-refractivity contribution is -0.116. The van der Waals surface area contributed by atoms with Crippen LogP contribution in [0.25, 0.3) is 5.69 Å². The lowest BCUT2D eigenvalue weighted by atomic mass is 9.88. The Kier molecular flexibility index (Phi) is 4.65. The highest BCUT2D eigenvalue weighted by molar-refractivity contribution is 5.94. The lowest BCUT2D eigenvalue weighted by Crippen LogP contribution is -2.25. The van der Waals surface area contributed by atoms with Crippen molar-refractivity contribution in [2.75, 3.05) is 26.6 Å². The van der Waals surface area contributed by atoms with Gasteiger partial charge in [-0.15, -0.1) is 0 Å². The zero-order valence-electron chi connectivity index (χ0n) is 15.9. The van der Waals surface area contributed by atoms with Crippen molar-refractivity contribution in [2.45, 2.75) is 12.3 Å². The first-order valence-corrected chi connectivity index (χ1v) is 8.88. The average molecular weight is 379 g/mol. The number of nitrogens with zero attached hydrogens (tertiary/aromatic N) is 2. The monoisotopic (exact) mass is 379 g/mol. The van der Waals surface area contributed by atoms with Crippen LogP contribution in [0.5, 0.6) is 17.2 Å². The molecule has 0 spiro atoms. The van der Waals surface area contributed by atoms with Crippen LogP contribution >= 0.6 is 0 Å². The fraction of sp³-hybridized carbons (Fsp3) is 0.238. The first kappa shape index (κ1) is 17.9. The molecule has 2 aromatic carbocycles. The second-order valence-electron chi connectivity index (χ2n) is 6.44. The number of amides is 1. The molecule has 144 valence electrons. The number of imidazole rings is 1. The Bertz CT molecular complexity index is 1010. The first-order valence-electron chi connectivity index (χ1n) is 8.88. The van der Waals surface area contributed by atoms with Gasteiger partial charge in [-0.25, -0.2) is 4.98 Å². The van der Waals surface area contributed by atoms with Crippen LogP contribution in [0.2, 0.25) is 0 Å². The van der Waals surface area contributed by atoms with Crippen molar-refractivity contribution < 1.29 is 19.0 Å². The van der Waals surface area contributed by atoms with Gasteiger partial charge in [0.2, 0.25) is 5.91 Å². The van der Waals surface area contributed by atoms with Gasteiger partial charge < -0.3 is 19.5 Å². The minimum Gasteiger partial charge on any atom is -0.496 e. The molecule has 1 atom stereocenters. The summed E-state index contributed by atoms with van der Waals surface area (Å²) >= 11 is 0. The number of fused-ring (bicyclic) bond motifs is 1. The number of rotatable bonds is 5. The van der Waals surface area contributed by atoms with Crippen molar-refractivity contribution in [3.05, 3.63) is 60.0 Å². The lowest BCUT2D eigenvalue weighted by Gasteiger charge is -2.25. The molecule has 0 saturated heterocycles. The summed E-state index contributed by atoms with van der Waals surface area (Å²) in [6.45, 7) is 0. The first-order chi connectivity index (χ1) is 13.7. The van der Waals surface area contributed by atoms with E-state index in [2.05, 4.69) is 10.3 Å². The normalized spacial score (nSPS) is 15.5. The SMILES string of the molecule is COc1cc(OC)c([C@H]2CC(=O)Nc3c2ncn3-c2ccccc2)cc1OC. The molecule has 1 aliphatic heterocycles. The maximum atomic E-state index is 12.5. The van der Waals surface area contributed by atoms with Crippen molar-refractivity contribution in [2.24, 2.45) is 0 Å². The largest absolute Gasteiger partial charge is 0.496 e. The maximum absolute atomic E-state index is 12.5. The van der Waals surface area contributed by atoms with Crippen LogP contribution in [0.15, 0.2) is 48.8 Å². The minimum absolute atomic E-state index is 0.0768. The second-order valence-corrected chi connectivity index (χ2v) is 6.44. The standard InChI is InChI=1S/C21H21N3O4/c1-26-16-11-18(28-3)17(27-2)9-14(16)15-10-19(25)23-21-20(15)22-12-24(21)13-7-5-4-6-8-13/h4-9,11-12,15H,10H2,1-3H3,(H,23,25)/t15-/m1/s1. The molecule has 4 rings (SSSR count). The number of benzene rings is 2. The number of nitrogens with one attached hydrogen (secondary N) is 1. The number of aromatic nitrogens is 2. The molecule has 7 heteroatoms. The predicted octanol–water partition coefficient (Wildman–Crippen LogP) is 3.37. The highest BCUT2D eigenvalue weighted by Gasteiger charge is 2.33. The van der Waals surface area contributed by atoms with Crippen LogP contribution in [0.1, 0.15) is 23.6 Å². The number of carbonyl (C=O) groups is 1. The summed E-state index contributed by atoms with van der Waals surface area (Å²) in [7, 11) is 4.75. The molecule has 1 aromatic heterocycles. The second kappa shape index (κ2) is 7.26. The topological polar surface area (TPSA) is 74.6 Å². The van der Waals surface area contributed by atoms with E-state index in [1.807, 2.05) is 41.0 Å². The van der Waals surface area contributed by atoms with Crippen LogP contribution in [0.4, 0.5) is 5.82 Å². The van der Waals surface area contributed by atoms with Crippen LogP contribution < -0.4 is 19.5 Å². The molecule has 7 nitrogen and oxygen atoms in total. The van der Waals surface area contributed by atoms with E-state index in [1.54, 1.807) is 33.7 Å². The number of hydrogen-bond donors (Lipinski definition) is 1. The average Bonchev–Trinajstić information content (AvgIpc) is 3.16. The molecule has 1 N–H and O–H groups in total. The molecular formula is C21H21N3O4. The van der Waals surface area contributed by atoms with Gasteiger partial charge in [-0.05, 0) is 18.2 Å². The third kappa shape index (κ3) is 2.94. The Hall–Kier alpha value is -3.48. The molecule has 28 heavy (non-hydrogen) atoms. The van der Waals surface area contributed by atoms with Crippen molar-refractivity contribution in [3.63, 3.8) is 0 Å². The summed E-state index contributed by atoms with van der Waals surface area (Å²) in [5.74, 6) is 2.10. The predicted molar refractivity (Wildman–Crippen MR) is 105 cm³/mol. The van der Waals surface area contributed by atoms with Gasteiger partial charge in [0.15, 0.2) is 11.5 Å². The van der Waals surface area contributed by atoms with Gasteiger partial charge in [-0.3, -0.25) is 9.36 Å². The summed E-state index contributed by atoms with van der Waals surface area (Å²) < 4.78 is 18.3. The molecule has 0 aliphatic carbocycles. The van der Waals surface area contributed by atoms with Crippen molar-refractivity contribution in [1.82, 2.24) is 9.55 Å². The van der Waals surface area contributed by atoms with E-state index in [0.717, 1.165) is 16.9 Å². The molecule has 1 amide bonds. The van der Waals surface area contributed by atoms with Crippen LogP contribution in [-0.2, 0) is 4.79 Å². The number of para-hydroxylation sites is 1. The number of hydrogen-bond acceptors (Lipinski definition) is 5. The molecule has 0 saturated carbocycles. The van der Waals surface area contributed by atoms with Gasteiger partial charge in [-0.2, -0.15) is 0 Å². The van der Waals surface area contributed by atoms with Gasteiger partial charge in [0.1, 0.15) is 17.9 Å². The van der Waals surface area contributed by atoms with E-state index in [9.17, 15) is 4.79 Å². The van der Waals surface area contributed by atoms with E-state index >= 15 is 0 Å². The summed E-state index contributed by atoms with van der Waals surface area (Å²) in [5.41, 5.74) is 2.54. The van der Waals surface area contributed by atoms with Crippen molar-refractivity contribution in [3.8, 4) is 22.9 Å². The quantitative estimate of drug-likeness (QED) is 0.736.